The van der Waals surface area contributed by atoms with Gasteiger partial charge in [0.15, 0.2) is 5.82 Å². The van der Waals surface area contributed by atoms with Gasteiger partial charge in [0.1, 0.15) is 5.82 Å². The smallest absolute Gasteiger partial charge is 0.255 e. The number of nitrogens with zero attached hydrogens (tertiary/aromatic N) is 3. The predicted octanol–water partition coefficient (Wildman–Crippen LogP) is 1.87. The number of rotatable bonds is 4. The van der Waals surface area contributed by atoms with E-state index in [0.717, 1.165) is 43.3 Å². The van der Waals surface area contributed by atoms with Crippen LogP contribution >= 0.6 is 0 Å². The highest BCUT2D eigenvalue weighted by Gasteiger charge is 2.18. The number of likely N-dealkylation sites (N-methyl/N-ethyl adjacent to an activating group) is 1. The zero-order valence-electron chi connectivity index (χ0n) is 16.2. The van der Waals surface area contributed by atoms with Gasteiger partial charge in [-0.15, -0.1) is 10.2 Å². The van der Waals surface area contributed by atoms with Gasteiger partial charge in [-0.3, -0.25) is 4.79 Å². The number of piperazine rings is 1. The lowest BCUT2D eigenvalue weighted by Crippen LogP contribution is -3.12. The summed E-state index contributed by atoms with van der Waals surface area (Å²) >= 11 is 0. The van der Waals surface area contributed by atoms with E-state index in [0.29, 0.717) is 11.3 Å². The Morgan fingerprint density at radius 2 is 1.66 bits per heavy atom. The molecule has 2 aromatic carbocycles. The van der Waals surface area contributed by atoms with E-state index in [9.17, 15) is 9.18 Å². The van der Waals surface area contributed by atoms with Crippen molar-refractivity contribution in [3.8, 4) is 11.3 Å². The third-order valence-corrected chi connectivity index (χ3v) is 5.14. The Bertz CT molecular complexity index is 966. The van der Waals surface area contributed by atoms with Crippen LogP contribution in [0, 0.1) is 5.82 Å². The second-order valence-electron chi connectivity index (χ2n) is 7.26. The molecule has 1 fully saturated rings. The molecule has 1 amide bonds. The normalized spacial score (nSPS) is 14.6. The SMILES string of the molecule is C[NH+]1CCN(c2ccc(-c3ccc(NC(=O)c4ccc(F)cc4)cc3)nn2)CC1. The van der Waals surface area contributed by atoms with E-state index >= 15 is 0 Å². The molecule has 2 heterocycles. The summed E-state index contributed by atoms with van der Waals surface area (Å²) in [5.41, 5.74) is 2.77. The number of quaternary nitrogens is 1. The van der Waals surface area contributed by atoms with E-state index in [-0.39, 0.29) is 11.7 Å². The van der Waals surface area contributed by atoms with E-state index in [4.69, 9.17) is 0 Å². The maximum Gasteiger partial charge on any atom is 0.255 e. The summed E-state index contributed by atoms with van der Waals surface area (Å²) in [5, 5.41) is 11.6. The Kier molecular flexibility index (Phi) is 5.48. The molecule has 1 aliphatic heterocycles. The van der Waals surface area contributed by atoms with Crippen molar-refractivity contribution in [2.24, 2.45) is 0 Å². The van der Waals surface area contributed by atoms with Crippen LogP contribution in [0.25, 0.3) is 11.3 Å². The second kappa shape index (κ2) is 8.36. The zero-order chi connectivity index (χ0) is 20.2. The van der Waals surface area contributed by atoms with Crippen molar-refractivity contribution in [1.82, 2.24) is 10.2 Å². The summed E-state index contributed by atoms with van der Waals surface area (Å²) < 4.78 is 13.0. The van der Waals surface area contributed by atoms with Gasteiger partial charge >= 0.3 is 0 Å². The summed E-state index contributed by atoms with van der Waals surface area (Å²) in [5.74, 6) is 0.257. The van der Waals surface area contributed by atoms with Crippen LogP contribution in [0.3, 0.4) is 0 Å². The molecule has 0 atom stereocenters. The van der Waals surface area contributed by atoms with Crippen LogP contribution in [0.4, 0.5) is 15.9 Å². The summed E-state index contributed by atoms with van der Waals surface area (Å²) in [7, 11) is 2.21. The molecule has 1 aliphatic rings. The highest BCUT2D eigenvalue weighted by molar-refractivity contribution is 6.04. The Morgan fingerprint density at radius 1 is 0.966 bits per heavy atom. The lowest BCUT2D eigenvalue weighted by molar-refractivity contribution is -0.880. The van der Waals surface area contributed by atoms with E-state index in [1.165, 1.54) is 29.2 Å². The summed E-state index contributed by atoms with van der Waals surface area (Å²) in [6, 6.07) is 16.8. The first-order valence-electron chi connectivity index (χ1n) is 9.66. The molecule has 0 bridgehead atoms. The average molecular weight is 392 g/mol. The molecule has 148 valence electrons. The number of amides is 1. The molecule has 2 N–H and O–H groups in total. The molecular formula is C22H23FN5O+. The van der Waals surface area contributed by atoms with Gasteiger partial charge in [-0.1, -0.05) is 12.1 Å². The Labute approximate surface area is 169 Å². The van der Waals surface area contributed by atoms with Gasteiger partial charge in [-0.25, -0.2) is 4.39 Å². The zero-order valence-corrected chi connectivity index (χ0v) is 16.2. The number of carbonyl (C=O) groups is 1. The van der Waals surface area contributed by atoms with Gasteiger partial charge in [0, 0.05) is 16.8 Å². The molecule has 7 heteroatoms. The Hall–Kier alpha value is -3.32. The van der Waals surface area contributed by atoms with E-state index < -0.39 is 0 Å². The Balaban J connectivity index is 1.41. The van der Waals surface area contributed by atoms with Crippen molar-refractivity contribution >= 4 is 17.4 Å². The van der Waals surface area contributed by atoms with Crippen LogP contribution in [0.5, 0.6) is 0 Å². The van der Waals surface area contributed by atoms with Crippen LogP contribution < -0.4 is 15.1 Å². The molecule has 0 radical (unpaired) electrons. The third kappa shape index (κ3) is 4.57. The fourth-order valence-electron chi connectivity index (χ4n) is 3.29. The van der Waals surface area contributed by atoms with E-state index in [1.54, 1.807) is 0 Å². The van der Waals surface area contributed by atoms with Crippen molar-refractivity contribution in [2.75, 3.05) is 43.4 Å². The van der Waals surface area contributed by atoms with Gasteiger partial charge in [-0.2, -0.15) is 0 Å². The van der Waals surface area contributed by atoms with Crippen LogP contribution in [0.15, 0.2) is 60.7 Å². The van der Waals surface area contributed by atoms with Crippen molar-refractivity contribution in [1.29, 1.82) is 0 Å². The lowest BCUT2D eigenvalue weighted by Gasteiger charge is -2.30. The Morgan fingerprint density at radius 3 is 2.28 bits per heavy atom. The lowest BCUT2D eigenvalue weighted by atomic mass is 10.1. The maximum atomic E-state index is 13.0. The third-order valence-electron chi connectivity index (χ3n) is 5.14. The van der Waals surface area contributed by atoms with Crippen molar-refractivity contribution in [3.63, 3.8) is 0 Å². The van der Waals surface area contributed by atoms with E-state index in [2.05, 4.69) is 27.5 Å². The highest BCUT2D eigenvalue weighted by atomic mass is 19.1. The van der Waals surface area contributed by atoms with Gasteiger partial charge < -0.3 is 15.1 Å². The first-order chi connectivity index (χ1) is 14.1. The molecule has 1 aromatic heterocycles. The fraction of sp³-hybridized carbons (Fsp3) is 0.227. The van der Waals surface area contributed by atoms with Crippen LogP contribution in [-0.4, -0.2) is 49.3 Å². The predicted molar refractivity (Wildman–Crippen MR) is 111 cm³/mol. The molecule has 0 aliphatic carbocycles. The first kappa shape index (κ1) is 19.0. The van der Waals surface area contributed by atoms with Crippen LogP contribution in [0.1, 0.15) is 10.4 Å². The largest absolute Gasteiger partial charge is 0.344 e. The quantitative estimate of drug-likeness (QED) is 0.712. The molecule has 6 nitrogen and oxygen atoms in total. The number of carbonyl (C=O) groups excluding carboxylic acids is 1. The number of nitrogens with one attached hydrogen (secondary N) is 2. The van der Waals surface area contributed by atoms with E-state index in [1.807, 2.05) is 36.4 Å². The number of hydrogen-bond acceptors (Lipinski definition) is 4. The van der Waals surface area contributed by atoms with Crippen molar-refractivity contribution < 1.29 is 14.1 Å². The second-order valence-corrected chi connectivity index (χ2v) is 7.26. The number of hydrogen-bond donors (Lipinski definition) is 2. The fourth-order valence-corrected chi connectivity index (χ4v) is 3.29. The van der Waals surface area contributed by atoms with Gasteiger partial charge in [0.25, 0.3) is 5.91 Å². The van der Waals surface area contributed by atoms with Crippen molar-refractivity contribution in [2.45, 2.75) is 0 Å². The molecule has 0 unspecified atom stereocenters. The topological polar surface area (TPSA) is 62.6 Å². The molecule has 0 saturated carbocycles. The molecular weight excluding hydrogens is 369 g/mol. The van der Waals surface area contributed by atoms with Gasteiger partial charge in [0.2, 0.25) is 0 Å². The summed E-state index contributed by atoms with van der Waals surface area (Å²) in [6.07, 6.45) is 0. The standard InChI is InChI=1S/C22H22FN5O/c1-27-12-14-28(15-13-27)21-11-10-20(25-26-21)16-4-8-19(9-5-16)24-22(29)17-2-6-18(23)7-3-17/h2-11H,12-15H2,1H3,(H,24,29)/p+1. The molecule has 4 rings (SSSR count). The molecule has 0 spiro atoms. The van der Waals surface area contributed by atoms with Crippen LogP contribution in [-0.2, 0) is 0 Å². The number of halogens is 1. The minimum absolute atomic E-state index is 0.282. The highest BCUT2D eigenvalue weighted by Crippen LogP contribution is 2.21. The maximum absolute atomic E-state index is 13.0. The number of benzene rings is 2. The first-order valence-corrected chi connectivity index (χ1v) is 9.66. The van der Waals surface area contributed by atoms with Gasteiger partial charge in [0.05, 0.1) is 38.9 Å². The number of anilines is 2. The molecule has 1 saturated heterocycles. The number of aromatic nitrogens is 2. The monoisotopic (exact) mass is 392 g/mol. The van der Waals surface area contributed by atoms with Gasteiger partial charge in [-0.05, 0) is 48.5 Å². The minimum atomic E-state index is -0.369. The van der Waals surface area contributed by atoms with Crippen LogP contribution in [0.2, 0.25) is 0 Å². The van der Waals surface area contributed by atoms with Crippen molar-refractivity contribution in [3.05, 3.63) is 72.0 Å². The average Bonchev–Trinajstić information content (AvgIpc) is 2.75. The molecule has 29 heavy (non-hydrogen) atoms. The molecule has 3 aromatic rings. The minimum Gasteiger partial charge on any atom is -0.344 e. The summed E-state index contributed by atoms with van der Waals surface area (Å²) in [6.45, 7) is 4.19. The summed E-state index contributed by atoms with van der Waals surface area (Å²) in [4.78, 5) is 16.0.